The third-order valence-electron chi connectivity index (χ3n) is 1.39. The van der Waals surface area contributed by atoms with Crippen molar-refractivity contribution in [1.82, 2.24) is 0 Å². The second kappa shape index (κ2) is 4.00. The summed E-state index contributed by atoms with van der Waals surface area (Å²) in [5.41, 5.74) is 0. The molecule has 0 aliphatic carbocycles. The van der Waals surface area contributed by atoms with E-state index in [0.717, 1.165) is 11.5 Å². The van der Waals surface area contributed by atoms with Gasteiger partial charge >= 0.3 is 0 Å². The van der Waals surface area contributed by atoms with Crippen LogP contribution < -0.4 is 0 Å². The van der Waals surface area contributed by atoms with Crippen molar-refractivity contribution in [2.24, 2.45) is 0 Å². The number of hydrogen-bond donors (Lipinski definition) is 0. The molecule has 3 nitrogen and oxygen atoms in total. The Hall–Kier alpha value is -1.42. The van der Waals surface area contributed by atoms with Crippen LogP contribution in [0.3, 0.4) is 0 Å². The van der Waals surface area contributed by atoms with Gasteiger partial charge in [0, 0.05) is 11.5 Å². The average Bonchev–Trinajstić information content (AvgIpc) is 2.16. The molecule has 0 aromatic heterocycles. The van der Waals surface area contributed by atoms with E-state index < -0.39 is 9.84 Å². The van der Waals surface area contributed by atoms with Crippen LogP contribution in [0.2, 0.25) is 0 Å². The van der Waals surface area contributed by atoms with Crippen LogP contribution in [0.4, 0.5) is 0 Å². The molecule has 0 heterocycles. The molecule has 0 saturated carbocycles. The monoisotopic (exact) mass is 195 g/mol. The normalized spacial score (nSPS) is 11.7. The molecule has 13 heavy (non-hydrogen) atoms. The molecule has 67 valence electrons. The van der Waals surface area contributed by atoms with E-state index in [1.54, 1.807) is 18.2 Å². The Morgan fingerprint density at radius 1 is 1.15 bits per heavy atom. The number of sulfone groups is 1. The molecule has 0 fully saturated rings. The first kappa shape index (κ1) is 9.67. The smallest absolute Gasteiger partial charge is 0.226 e. The summed E-state index contributed by atoms with van der Waals surface area (Å²) >= 11 is 0. The Morgan fingerprint density at radius 2 is 1.77 bits per heavy atom. The minimum Gasteiger partial charge on any atom is -0.286 e. The van der Waals surface area contributed by atoms with Gasteiger partial charge in [-0.1, -0.05) is 18.2 Å². The predicted molar refractivity (Wildman–Crippen MR) is 48.5 cm³/mol. The molecule has 0 aliphatic rings. The van der Waals surface area contributed by atoms with E-state index >= 15 is 0 Å². The molecule has 0 amide bonds. The van der Waals surface area contributed by atoms with E-state index in [1.165, 1.54) is 18.4 Å². The van der Waals surface area contributed by atoms with E-state index in [-0.39, 0.29) is 4.90 Å². The van der Waals surface area contributed by atoms with E-state index in [0.29, 0.717) is 0 Å². The molecule has 0 saturated heterocycles. The third kappa shape index (κ3) is 2.52. The van der Waals surface area contributed by atoms with Crippen LogP contribution in [-0.2, 0) is 14.6 Å². The molecule has 4 heteroatoms. The van der Waals surface area contributed by atoms with Crippen molar-refractivity contribution >= 4 is 16.1 Å². The maximum absolute atomic E-state index is 11.3. The molecular formula is C9H7O3S. The fourth-order valence-electron chi connectivity index (χ4n) is 0.806. The Bertz CT molecular complexity index is 404. The highest BCUT2D eigenvalue weighted by Crippen LogP contribution is 2.10. The fraction of sp³-hybridized carbons (Fsp3) is 0. The Morgan fingerprint density at radius 3 is 2.31 bits per heavy atom. The maximum atomic E-state index is 11.3. The molecule has 1 aromatic carbocycles. The first-order chi connectivity index (χ1) is 6.17. The van der Waals surface area contributed by atoms with E-state index in [4.69, 9.17) is 0 Å². The average molecular weight is 195 g/mol. The molecule has 0 bridgehead atoms. The summed E-state index contributed by atoms with van der Waals surface area (Å²) < 4.78 is 22.7. The molecule has 1 rings (SSSR count). The standard InChI is InChI=1S/C9H7O3S/c10-7-4-8-13(11,12)9-5-2-1-3-6-9/h1-6,8H. The molecule has 0 unspecified atom stereocenters. The molecule has 1 radical (unpaired) electrons. The largest absolute Gasteiger partial charge is 0.286 e. The van der Waals surface area contributed by atoms with Gasteiger partial charge in [0.05, 0.1) is 4.90 Å². The number of hydrogen-bond acceptors (Lipinski definition) is 3. The Labute approximate surface area is 76.6 Å². The summed E-state index contributed by atoms with van der Waals surface area (Å²) in [7, 11) is -3.47. The lowest BCUT2D eigenvalue weighted by Gasteiger charge is -1.95. The van der Waals surface area contributed by atoms with Gasteiger partial charge in [-0.15, -0.1) is 0 Å². The van der Waals surface area contributed by atoms with Crippen molar-refractivity contribution in [3.63, 3.8) is 0 Å². The minimum absolute atomic E-state index is 0.168. The van der Waals surface area contributed by atoms with Gasteiger partial charge in [-0.3, -0.25) is 4.79 Å². The van der Waals surface area contributed by atoms with Crippen LogP contribution in [0.5, 0.6) is 0 Å². The Balaban J connectivity index is 3.09. The molecule has 0 N–H and O–H groups in total. The summed E-state index contributed by atoms with van der Waals surface area (Å²) in [4.78, 5) is 9.97. The van der Waals surface area contributed by atoms with Gasteiger partial charge in [0.15, 0.2) is 9.84 Å². The summed E-state index contributed by atoms with van der Waals surface area (Å²) in [6.07, 6.45) is 2.22. The first-order valence-electron chi connectivity index (χ1n) is 3.51. The fourth-order valence-corrected chi connectivity index (χ4v) is 1.73. The lowest BCUT2D eigenvalue weighted by atomic mass is 10.4. The van der Waals surface area contributed by atoms with Gasteiger partial charge in [-0.2, -0.15) is 0 Å². The van der Waals surface area contributed by atoms with Crippen molar-refractivity contribution in [3.8, 4) is 0 Å². The quantitative estimate of drug-likeness (QED) is 0.678. The number of benzene rings is 1. The van der Waals surface area contributed by atoms with Crippen LogP contribution in [-0.4, -0.2) is 14.7 Å². The van der Waals surface area contributed by atoms with E-state index in [9.17, 15) is 13.2 Å². The van der Waals surface area contributed by atoms with Gasteiger partial charge in [-0.25, -0.2) is 8.42 Å². The first-order valence-corrected chi connectivity index (χ1v) is 5.06. The zero-order valence-corrected chi connectivity index (χ0v) is 7.49. The van der Waals surface area contributed by atoms with Crippen LogP contribution in [0.25, 0.3) is 0 Å². The third-order valence-corrected chi connectivity index (χ3v) is 2.81. The van der Waals surface area contributed by atoms with Crippen molar-refractivity contribution in [2.45, 2.75) is 4.90 Å². The molecule has 0 spiro atoms. The minimum atomic E-state index is -3.47. The lowest BCUT2D eigenvalue weighted by molar-refractivity contribution is 0.564. The molecule has 0 atom stereocenters. The predicted octanol–water partition coefficient (Wildman–Crippen LogP) is 1.08. The topological polar surface area (TPSA) is 51.2 Å². The van der Waals surface area contributed by atoms with Crippen LogP contribution in [0.1, 0.15) is 0 Å². The summed E-state index contributed by atoms with van der Waals surface area (Å²) in [5, 5.41) is 0.829. The van der Waals surface area contributed by atoms with E-state index in [1.807, 2.05) is 0 Å². The van der Waals surface area contributed by atoms with Crippen LogP contribution in [0, 0.1) is 0 Å². The second-order valence-corrected chi connectivity index (χ2v) is 4.11. The second-order valence-electron chi connectivity index (χ2n) is 2.28. The Kier molecular flexibility index (Phi) is 2.97. The van der Waals surface area contributed by atoms with Crippen molar-refractivity contribution in [1.29, 1.82) is 0 Å². The van der Waals surface area contributed by atoms with Gasteiger partial charge in [-0.05, 0) is 12.1 Å². The van der Waals surface area contributed by atoms with Gasteiger partial charge in [0.2, 0.25) is 6.29 Å². The number of rotatable bonds is 3. The maximum Gasteiger partial charge on any atom is 0.226 e. The van der Waals surface area contributed by atoms with Gasteiger partial charge in [0.25, 0.3) is 0 Å². The van der Waals surface area contributed by atoms with Gasteiger partial charge < -0.3 is 0 Å². The highest BCUT2D eigenvalue weighted by atomic mass is 32.2. The van der Waals surface area contributed by atoms with E-state index in [2.05, 4.69) is 0 Å². The van der Waals surface area contributed by atoms with Crippen molar-refractivity contribution < 1.29 is 13.2 Å². The van der Waals surface area contributed by atoms with Crippen molar-refractivity contribution in [3.05, 3.63) is 41.8 Å². The summed E-state index contributed by atoms with van der Waals surface area (Å²) in [6.45, 7) is 0. The SMILES string of the molecule is O=[C]C=CS(=O)(=O)c1ccccc1. The lowest BCUT2D eigenvalue weighted by Crippen LogP contribution is -1.95. The van der Waals surface area contributed by atoms with Crippen molar-refractivity contribution in [2.75, 3.05) is 0 Å². The highest BCUT2D eigenvalue weighted by molar-refractivity contribution is 7.94. The zero-order chi connectivity index (χ0) is 9.73. The summed E-state index contributed by atoms with van der Waals surface area (Å²) in [5.74, 6) is 0. The zero-order valence-electron chi connectivity index (χ0n) is 6.67. The highest BCUT2D eigenvalue weighted by Gasteiger charge is 2.07. The van der Waals surface area contributed by atoms with Crippen LogP contribution >= 0.6 is 0 Å². The van der Waals surface area contributed by atoms with Crippen LogP contribution in [0.15, 0.2) is 46.7 Å². The molecule has 1 aromatic rings. The number of allylic oxidation sites excluding steroid dienone is 1. The molecular weight excluding hydrogens is 188 g/mol. The van der Waals surface area contributed by atoms with Gasteiger partial charge in [0.1, 0.15) is 0 Å². The molecule has 0 aliphatic heterocycles. The number of carbonyl (C=O) groups excluding carboxylic acids is 1. The summed E-state index contributed by atoms with van der Waals surface area (Å²) in [6, 6.07) is 7.88.